The second kappa shape index (κ2) is 13.2. The Bertz CT molecular complexity index is 1420. The van der Waals surface area contributed by atoms with E-state index in [0.717, 1.165) is 12.1 Å². The third-order valence-corrected chi connectivity index (χ3v) is 5.23. The molecule has 0 bridgehead atoms. The summed E-state index contributed by atoms with van der Waals surface area (Å²) in [6, 6.07) is 10.5. The maximum atomic E-state index is 12.3. The average Bonchev–Trinajstić information content (AvgIpc) is 2.82. The van der Waals surface area contributed by atoms with Crippen LogP contribution in [0, 0.1) is 0 Å². The summed E-state index contributed by atoms with van der Waals surface area (Å²) >= 11 is 0. The molecule has 0 spiro atoms. The van der Waals surface area contributed by atoms with Crippen molar-refractivity contribution in [3.05, 3.63) is 76.9 Å². The Hall–Kier alpha value is -3.17. The number of aliphatic hydroxyl groups excluding tert-OH is 2. The average molecular weight is 530 g/mol. The molecule has 0 aliphatic heterocycles. The monoisotopic (exact) mass is 530 g/mol. The van der Waals surface area contributed by atoms with Gasteiger partial charge in [0.15, 0.2) is 0 Å². The van der Waals surface area contributed by atoms with Gasteiger partial charge in [-0.1, -0.05) is 12.1 Å². The molecule has 0 radical (unpaired) electrons. The van der Waals surface area contributed by atoms with Gasteiger partial charge < -0.3 is 26.6 Å². The number of aliphatic hydroxyl groups is 2. The molecule has 0 amide bonds. The Morgan fingerprint density at radius 2 is 1.17 bits per heavy atom. The van der Waals surface area contributed by atoms with Gasteiger partial charge in [0.05, 0.1) is 35.5 Å². The van der Waals surface area contributed by atoms with Crippen LogP contribution >= 0.6 is 0 Å². The summed E-state index contributed by atoms with van der Waals surface area (Å²) in [4.78, 5) is 45.7. The Morgan fingerprint density at radius 1 is 0.722 bits per heavy atom. The predicted molar refractivity (Wildman–Crippen MR) is 119 cm³/mol. The summed E-state index contributed by atoms with van der Waals surface area (Å²) in [5, 5.41) is 34.2. The molecule has 14 heteroatoms. The second-order valence-electron chi connectivity index (χ2n) is 6.70. The van der Waals surface area contributed by atoms with Gasteiger partial charge in [0.2, 0.25) is 0 Å². The Morgan fingerprint density at radius 3 is 1.64 bits per heavy atom. The van der Waals surface area contributed by atoms with Gasteiger partial charge in [-0.2, -0.15) is 8.42 Å². The minimum absolute atomic E-state index is 0. The SMILES string of the molecule is O=C(O)c1ccc(C(=O)OC(=O)c2ccc3cc(C(=O)O)ccc3c2)c(S(=O)(=O)O)c1.OCCO.[H-].[Na+]. The van der Waals surface area contributed by atoms with E-state index >= 15 is 0 Å². The molecule has 0 saturated carbocycles. The zero-order valence-electron chi connectivity index (χ0n) is 19.6. The van der Waals surface area contributed by atoms with E-state index in [4.69, 9.17) is 20.4 Å². The van der Waals surface area contributed by atoms with Crippen molar-refractivity contribution in [2.24, 2.45) is 0 Å². The van der Waals surface area contributed by atoms with Crippen LogP contribution < -0.4 is 29.6 Å². The number of fused-ring (bicyclic) bond motifs is 1. The molecule has 0 aliphatic rings. The molecule has 0 heterocycles. The first kappa shape index (κ1) is 30.9. The predicted octanol–water partition coefficient (Wildman–Crippen LogP) is -1.43. The van der Waals surface area contributed by atoms with Gasteiger partial charge in [0, 0.05) is 0 Å². The standard InChI is InChI=1S/C20H12O10S.C2H6O2.Na.H/c21-17(22)12-3-1-11-8-14(4-2-10(11)7-12)19(25)30-20(26)15-6-5-13(18(23)24)9-16(15)31(27,28)29;3-1-2-4;;/h1-9H,(H,21,22)(H,23,24)(H,27,28,29);3-4H,1-2H2;;/q;;+1;-1. The van der Waals surface area contributed by atoms with Crippen LogP contribution in [0.3, 0.4) is 0 Å². The van der Waals surface area contributed by atoms with Crippen LogP contribution in [0.5, 0.6) is 0 Å². The van der Waals surface area contributed by atoms with Crippen LogP contribution in [0.2, 0.25) is 0 Å². The van der Waals surface area contributed by atoms with Gasteiger partial charge in [0.25, 0.3) is 10.1 Å². The molecule has 0 unspecified atom stereocenters. The fourth-order valence-electron chi connectivity index (χ4n) is 2.74. The van der Waals surface area contributed by atoms with Crippen molar-refractivity contribution < 1.29 is 88.3 Å². The number of carboxylic acids is 2. The van der Waals surface area contributed by atoms with E-state index in [9.17, 15) is 32.1 Å². The molecule has 3 aromatic carbocycles. The molecular weight excluding hydrogens is 511 g/mol. The first-order chi connectivity index (χ1) is 16.4. The van der Waals surface area contributed by atoms with Crippen molar-refractivity contribution in [1.29, 1.82) is 0 Å². The quantitative estimate of drug-likeness (QED) is 0.107. The minimum atomic E-state index is -5.00. The molecule has 36 heavy (non-hydrogen) atoms. The van der Waals surface area contributed by atoms with Crippen molar-refractivity contribution in [1.82, 2.24) is 0 Å². The van der Waals surface area contributed by atoms with E-state index in [0.29, 0.717) is 16.8 Å². The van der Waals surface area contributed by atoms with E-state index in [2.05, 4.69) is 4.74 Å². The molecule has 5 N–H and O–H groups in total. The van der Waals surface area contributed by atoms with Crippen LogP contribution in [0.15, 0.2) is 59.5 Å². The van der Waals surface area contributed by atoms with Crippen molar-refractivity contribution in [2.75, 3.05) is 13.2 Å². The summed E-state index contributed by atoms with van der Waals surface area (Å²) in [7, 11) is -5.00. The molecular formula is C22H19NaO12S. The number of benzene rings is 3. The maximum Gasteiger partial charge on any atom is 1.00 e. The van der Waals surface area contributed by atoms with Gasteiger partial charge in [-0.3, -0.25) is 4.55 Å². The fraction of sp³-hybridized carbons (Fsp3) is 0.0909. The van der Waals surface area contributed by atoms with Crippen LogP contribution in [-0.2, 0) is 14.9 Å². The number of esters is 2. The van der Waals surface area contributed by atoms with Gasteiger partial charge in [0.1, 0.15) is 4.90 Å². The summed E-state index contributed by atoms with van der Waals surface area (Å²) in [5.74, 6) is -5.18. The van der Waals surface area contributed by atoms with E-state index in [1.54, 1.807) is 0 Å². The molecule has 12 nitrogen and oxygen atoms in total. The van der Waals surface area contributed by atoms with Crippen LogP contribution in [-0.4, -0.2) is 70.5 Å². The number of hydrogen-bond acceptors (Lipinski definition) is 9. The van der Waals surface area contributed by atoms with Gasteiger partial charge in [-0.15, -0.1) is 0 Å². The molecule has 3 rings (SSSR count). The topological polar surface area (TPSA) is 213 Å². The first-order valence-corrected chi connectivity index (χ1v) is 10.9. The molecule has 186 valence electrons. The summed E-state index contributed by atoms with van der Waals surface area (Å²) in [6.45, 7) is -0.250. The largest absolute Gasteiger partial charge is 1.00 e. The number of ether oxygens (including phenoxy) is 1. The van der Waals surface area contributed by atoms with Crippen molar-refractivity contribution in [2.45, 2.75) is 4.90 Å². The Balaban J connectivity index is 0.00000201. The van der Waals surface area contributed by atoms with E-state index in [-0.39, 0.29) is 55.3 Å². The third kappa shape index (κ3) is 7.93. The summed E-state index contributed by atoms with van der Waals surface area (Å²) < 4.78 is 37.1. The van der Waals surface area contributed by atoms with E-state index in [1.165, 1.54) is 36.4 Å². The Labute approximate surface area is 227 Å². The maximum absolute atomic E-state index is 12.3. The van der Waals surface area contributed by atoms with Crippen LogP contribution in [0.4, 0.5) is 0 Å². The molecule has 3 aromatic rings. The van der Waals surface area contributed by atoms with E-state index in [1.807, 2.05) is 0 Å². The first-order valence-electron chi connectivity index (χ1n) is 9.49. The molecule has 0 aromatic heterocycles. The zero-order chi connectivity index (χ0) is 26.3. The molecule has 0 atom stereocenters. The number of hydrogen-bond donors (Lipinski definition) is 5. The number of carbonyl (C=O) groups is 4. The van der Waals surface area contributed by atoms with Crippen molar-refractivity contribution in [3.8, 4) is 0 Å². The van der Waals surface area contributed by atoms with Gasteiger partial charge >= 0.3 is 53.4 Å². The normalized spacial score (nSPS) is 10.4. The van der Waals surface area contributed by atoms with Gasteiger partial charge in [-0.05, 0) is 53.2 Å². The van der Waals surface area contributed by atoms with Crippen LogP contribution in [0.25, 0.3) is 10.8 Å². The van der Waals surface area contributed by atoms with Crippen molar-refractivity contribution in [3.63, 3.8) is 0 Å². The molecule has 0 fully saturated rings. The fourth-order valence-corrected chi connectivity index (χ4v) is 3.45. The minimum Gasteiger partial charge on any atom is -1.00 e. The summed E-state index contributed by atoms with van der Waals surface area (Å²) in [6.07, 6.45) is 0. The number of aromatic carboxylic acids is 2. The molecule has 0 saturated heterocycles. The smallest absolute Gasteiger partial charge is 1.00 e. The van der Waals surface area contributed by atoms with Crippen LogP contribution in [0.1, 0.15) is 42.9 Å². The van der Waals surface area contributed by atoms with E-state index < -0.39 is 50.0 Å². The second-order valence-corrected chi connectivity index (χ2v) is 8.09. The van der Waals surface area contributed by atoms with Crippen molar-refractivity contribution >= 4 is 44.8 Å². The number of carbonyl (C=O) groups excluding carboxylic acids is 2. The molecule has 0 aliphatic carbocycles. The zero-order valence-corrected chi connectivity index (χ0v) is 21.4. The summed E-state index contributed by atoms with van der Waals surface area (Å²) in [5.41, 5.74) is -1.28. The number of rotatable bonds is 6. The Kier molecular flexibility index (Phi) is 11.3. The van der Waals surface area contributed by atoms with Gasteiger partial charge in [-0.25, -0.2) is 19.2 Å². The third-order valence-electron chi connectivity index (χ3n) is 4.33. The number of carboxylic acid groups (broad SMARTS) is 2.